The van der Waals surface area contributed by atoms with Crippen LogP contribution in [0.15, 0.2) is 18.2 Å². The van der Waals surface area contributed by atoms with Gasteiger partial charge in [-0.1, -0.05) is 45.2 Å². The van der Waals surface area contributed by atoms with Crippen LogP contribution >= 0.6 is 39.1 Å². The molecule has 1 aliphatic rings. The Hall–Kier alpha value is 0.240. The van der Waals surface area contributed by atoms with Gasteiger partial charge in [0.2, 0.25) is 0 Å². The average molecular weight is 338 g/mol. The van der Waals surface area contributed by atoms with Gasteiger partial charge in [-0.25, -0.2) is 0 Å². The van der Waals surface area contributed by atoms with Gasteiger partial charge in [0.1, 0.15) is 0 Å². The molecule has 1 saturated heterocycles. The van der Waals surface area contributed by atoms with Crippen molar-refractivity contribution in [3.8, 4) is 0 Å². The number of hydrogen-bond donors (Lipinski definition) is 0. The van der Waals surface area contributed by atoms with Gasteiger partial charge in [0.25, 0.3) is 0 Å². The summed E-state index contributed by atoms with van der Waals surface area (Å²) in [6.45, 7) is 2.94. The molecule has 0 amide bonds. The third-order valence-electron chi connectivity index (χ3n) is 3.69. The van der Waals surface area contributed by atoms with E-state index >= 15 is 0 Å². The minimum absolute atomic E-state index is 0.106. The number of alkyl halides is 1. The topological polar surface area (TPSA) is 9.23 Å². The van der Waals surface area contributed by atoms with Crippen molar-refractivity contribution in [3.63, 3.8) is 0 Å². The summed E-state index contributed by atoms with van der Waals surface area (Å²) in [7, 11) is 0. The van der Waals surface area contributed by atoms with Crippen LogP contribution in [0.3, 0.4) is 0 Å². The molecule has 1 aromatic rings. The maximum absolute atomic E-state index is 6.23. The fourth-order valence-electron chi connectivity index (χ4n) is 2.33. The molecule has 0 spiro atoms. The number of benzene rings is 1. The van der Waals surface area contributed by atoms with Crippen molar-refractivity contribution in [2.45, 2.75) is 25.9 Å². The van der Waals surface area contributed by atoms with E-state index in [4.69, 9.17) is 27.9 Å². The van der Waals surface area contributed by atoms with Crippen LogP contribution in [0.2, 0.25) is 10.0 Å². The van der Waals surface area contributed by atoms with Crippen molar-refractivity contribution >= 4 is 39.1 Å². The van der Waals surface area contributed by atoms with E-state index in [-0.39, 0.29) is 11.5 Å². The SMILES string of the molecule is CC1OCCC1(CBr)Cc1c(Cl)cccc1Cl. The number of halogens is 3. The van der Waals surface area contributed by atoms with Gasteiger partial charge in [-0.05, 0) is 37.5 Å². The maximum Gasteiger partial charge on any atom is 0.0615 e. The van der Waals surface area contributed by atoms with Crippen LogP contribution in [0.5, 0.6) is 0 Å². The lowest BCUT2D eigenvalue weighted by molar-refractivity contribution is 0.0746. The van der Waals surface area contributed by atoms with Crippen molar-refractivity contribution in [3.05, 3.63) is 33.8 Å². The second-order valence-electron chi connectivity index (χ2n) is 4.64. The summed E-state index contributed by atoms with van der Waals surface area (Å²) in [5, 5.41) is 2.40. The highest BCUT2D eigenvalue weighted by Gasteiger charge is 2.41. The van der Waals surface area contributed by atoms with Gasteiger partial charge in [-0.3, -0.25) is 0 Å². The molecule has 0 aromatic heterocycles. The molecule has 1 heterocycles. The normalized spacial score (nSPS) is 28.6. The summed E-state index contributed by atoms with van der Waals surface area (Å²) >= 11 is 16.1. The Morgan fingerprint density at radius 1 is 1.41 bits per heavy atom. The molecule has 1 nitrogen and oxygen atoms in total. The lowest BCUT2D eigenvalue weighted by Crippen LogP contribution is -2.33. The van der Waals surface area contributed by atoms with Gasteiger partial charge in [-0.2, -0.15) is 0 Å². The molecule has 2 unspecified atom stereocenters. The summed E-state index contributed by atoms with van der Waals surface area (Å²) in [4.78, 5) is 0. The van der Waals surface area contributed by atoms with Gasteiger partial charge in [0, 0.05) is 27.4 Å². The minimum Gasteiger partial charge on any atom is -0.378 e. The second-order valence-corrected chi connectivity index (χ2v) is 6.01. The highest BCUT2D eigenvalue weighted by atomic mass is 79.9. The third kappa shape index (κ3) is 2.65. The Morgan fingerprint density at radius 2 is 2.06 bits per heavy atom. The van der Waals surface area contributed by atoms with E-state index in [1.165, 1.54) is 0 Å². The zero-order valence-electron chi connectivity index (χ0n) is 9.68. The monoisotopic (exact) mass is 336 g/mol. The van der Waals surface area contributed by atoms with Crippen LogP contribution in [-0.2, 0) is 11.2 Å². The van der Waals surface area contributed by atoms with E-state index in [9.17, 15) is 0 Å². The first-order chi connectivity index (χ1) is 8.09. The van der Waals surface area contributed by atoms with Gasteiger partial charge in [0.15, 0.2) is 0 Å². The smallest absolute Gasteiger partial charge is 0.0615 e. The average Bonchev–Trinajstić information content (AvgIpc) is 2.66. The molecular weight excluding hydrogens is 323 g/mol. The molecule has 0 saturated carbocycles. The van der Waals surface area contributed by atoms with E-state index < -0.39 is 0 Å². The molecule has 0 N–H and O–H groups in total. The Labute approximate surface area is 121 Å². The molecular formula is C13H15BrCl2O. The largest absolute Gasteiger partial charge is 0.378 e. The molecule has 2 rings (SSSR count). The maximum atomic E-state index is 6.23. The Morgan fingerprint density at radius 3 is 2.53 bits per heavy atom. The van der Waals surface area contributed by atoms with Crippen molar-refractivity contribution in [1.29, 1.82) is 0 Å². The van der Waals surface area contributed by atoms with E-state index in [1.54, 1.807) is 0 Å². The van der Waals surface area contributed by atoms with Crippen LogP contribution in [-0.4, -0.2) is 18.0 Å². The lowest BCUT2D eigenvalue weighted by Gasteiger charge is -2.31. The van der Waals surface area contributed by atoms with Crippen molar-refractivity contribution in [2.75, 3.05) is 11.9 Å². The predicted molar refractivity (Wildman–Crippen MR) is 76.4 cm³/mol. The van der Waals surface area contributed by atoms with Gasteiger partial charge < -0.3 is 4.74 Å². The van der Waals surface area contributed by atoms with Crippen LogP contribution in [0.4, 0.5) is 0 Å². The first-order valence-corrected chi connectivity index (χ1v) is 7.57. The van der Waals surface area contributed by atoms with E-state index in [0.717, 1.165) is 40.4 Å². The standard InChI is InChI=1S/C13H15BrCl2O/c1-9-13(8-14,5-6-17-9)7-10-11(15)3-2-4-12(10)16/h2-4,9H,5-8H2,1H3. The highest BCUT2D eigenvalue weighted by Crippen LogP contribution is 2.42. The Balaban J connectivity index is 2.30. The zero-order valence-corrected chi connectivity index (χ0v) is 12.8. The fourth-order valence-corrected chi connectivity index (χ4v) is 3.79. The van der Waals surface area contributed by atoms with Crippen molar-refractivity contribution in [1.82, 2.24) is 0 Å². The Bertz CT molecular complexity index is 390. The summed E-state index contributed by atoms with van der Waals surface area (Å²) in [6, 6.07) is 5.67. The molecule has 0 radical (unpaired) electrons. The van der Waals surface area contributed by atoms with E-state index in [2.05, 4.69) is 22.9 Å². The molecule has 1 fully saturated rings. The summed E-state index contributed by atoms with van der Waals surface area (Å²) < 4.78 is 5.70. The van der Waals surface area contributed by atoms with Gasteiger partial charge >= 0.3 is 0 Å². The molecule has 94 valence electrons. The van der Waals surface area contributed by atoms with E-state index in [1.807, 2.05) is 18.2 Å². The fraction of sp³-hybridized carbons (Fsp3) is 0.538. The Kier molecular flexibility index (Phi) is 4.40. The number of ether oxygens (including phenoxy) is 1. The minimum atomic E-state index is 0.106. The third-order valence-corrected chi connectivity index (χ3v) is 5.51. The molecule has 0 bridgehead atoms. The molecule has 4 heteroatoms. The summed E-state index contributed by atoms with van der Waals surface area (Å²) in [5.74, 6) is 0. The number of rotatable bonds is 3. The summed E-state index contributed by atoms with van der Waals surface area (Å²) in [6.07, 6.45) is 2.13. The van der Waals surface area contributed by atoms with Gasteiger partial charge in [-0.15, -0.1) is 0 Å². The van der Waals surface area contributed by atoms with Crippen LogP contribution in [0.25, 0.3) is 0 Å². The lowest BCUT2D eigenvalue weighted by atomic mass is 9.78. The highest BCUT2D eigenvalue weighted by molar-refractivity contribution is 9.09. The predicted octanol–water partition coefficient (Wildman–Crippen LogP) is 4.73. The second kappa shape index (κ2) is 5.48. The molecule has 0 aliphatic carbocycles. The first-order valence-electron chi connectivity index (χ1n) is 5.69. The zero-order chi connectivity index (χ0) is 12.5. The first kappa shape index (κ1) is 13.7. The van der Waals surface area contributed by atoms with Crippen LogP contribution < -0.4 is 0 Å². The number of hydrogen-bond acceptors (Lipinski definition) is 1. The van der Waals surface area contributed by atoms with Crippen molar-refractivity contribution < 1.29 is 4.74 Å². The summed E-state index contributed by atoms with van der Waals surface area (Å²) in [5.41, 5.74) is 1.14. The van der Waals surface area contributed by atoms with E-state index in [0.29, 0.717) is 0 Å². The van der Waals surface area contributed by atoms with Gasteiger partial charge in [0.05, 0.1) is 6.10 Å². The van der Waals surface area contributed by atoms with Crippen molar-refractivity contribution in [2.24, 2.45) is 5.41 Å². The molecule has 17 heavy (non-hydrogen) atoms. The molecule has 1 aromatic carbocycles. The van der Waals surface area contributed by atoms with Crippen LogP contribution in [0, 0.1) is 5.41 Å². The molecule has 1 aliphatic heterocycles. The molecule has 2 atom stereocenters. The van der Waals surface area contributed by atoms with Crippen LogP contribution in [0.1, 0.15) is 18.9 Å². The quantitative estimate of drug-likeness (QED) is 0.725.